The number of hydrogen-bond acceptors (Lipinski definition) is 3. The third-order valence-electron chi connectivity index (χ3n) is 6.04. The molecule has 0 spiro atoms. The number of carbonyl (C=O) groups is 3. The van der Waals surface area contributed by atoms with Crippen molar-refractivity contribution in [3.8, 4) is 0 Å². The summed E-state index contributed by atoms with van der Waals surface area (Å²) in [7, 11) is 0. The molecule has 1 saturated heterocycles. The number of amides is 3. The quantitative estimate of drug-likeness (QED) is 0.561. The molecule has 1 aromatic carbocycles. The van der Waals surface area contributed by atoms with Gasteiger partial charge in [0.2, 0.25) is 17.7 Å². The lowest BCUT2D eigenvalue weighted by molar-refractivity contribution is -0.136. The lowest BCUT2D eigenvalue weighted by Crippen LogP contribution is -2.43. The molecule has 0 aliphatic carbocycles. The first kappa shape index (κ1) is 25.8. The number of aryl methyl sites for hydroxylation is 1. The van der Waals surface area contributed by atoms with Gasteiger partial charge in [-0.3, -0.25) is 14.4 Å². The van der Waals surface area contributed by atoms with Crippen molar-refractivity contribution in [2.45, 2.75) is 72.3 Å². The summed E-state index contributed by atoms with van der Waals surface area (Å²) in [6.45, 7) is 8.79. The Hall–Kier alpha value is -2.44. The van der Waals surface area contributed by atoms with Crippen LogP contribution in [0.4, 0.5) is 4.39 Å². The number of likely N-dealkylation sites (tertiary alicyclic amines) is 1. The number of benzene rings is 1. The van der Waals surface area contributed by atoms with Crippen LogP contribution >= 0.6 is 0 Å². The largest absolute Gasteiger partial charge is 0.352 e. The Kier molecular flexibility index (Phi) is 10.6. The Morgan fingerprint density at radius 3 is 2.34 bits per heavy atom. The molecule has 0 bridgehead atoms. The molecular formula is C25H38FN3O3. The maximum atomic E-state index is 13.6. The molecule has 1 aliphatic rings. The number of piperidine rings is 1. The second-order valence-electron chi connectivity index (χ2n) is 8.69. The summed E-state index contributed by atoms with van der Waals surface area (Å²) in [6, 6.07) is 4.97. The standard InChI is InChI=1S/C25H38FN3O3/c1-4-13-28(14-5-2)23(30)7-6-8-24(31)29-15-11-21(12-16-29)25(32)27-18-20-10-9-19(3)22(26)17-20/h9-10,17,21H,4-8,11-16,18H2,1-3H3,(H,27,32). The van der Waals surface area contributed by atoms with Crippen molar-refractivity contribution in [3.63, 3.8) is 0 Å². The van der Waals surface area contributed by atoms with Crippen LogP contribution < -0.4 is 5.32 Å². The lowest BCUT2D eigenvalue weighted by Gasteiger charge is -2.31. The van der Waals surface area contributed by atoms with E-state index in [4.69, 9.17) is 0 Å². The Balaban J connectivity index is 1.68. The van der Waals surface area contributed by atoms with E-state index >= 15 is 0 Å². The van der Waals surface area contributed by atoms with Crippen LogP contribution in [-0.4, -0.2) is 53.7 Å². The molecule has 0 atom stereocenters. The van der Waals surface area contributed by atoms with Gasteiger partial charge in [-0.05, 0) is 56.2 Å². The molecule has 178 valence electrons. The van der Waals surface area contributed by atoms with Crippen molar-refractivity contribution in [2.75, 3.05) is 26.2 Å². The zero-order chi connectivity index (χ0) is 23.5. The average Bonchev–Trinajstić information content (AvgIpc) is 2.79. The van der Waals surface area contributed by atoms with Crippen molar-refractivity contribution in [1.82, 2.24) is 15.1 Å². The van der Waals surface area contributed by atoms with Crippen molar-refractivity contribution in [2.24, 2.45) is 5.92 Å². The Morgan fingerprint density at radius 1 is 1.09 bits per heavy atom. The first-order chi connectivity index (χ1) is 15.3. The molecular weight excluding hydrogens is 409 g/mol. The van der Waals surface area contributed by atoms with Gasteiger partial charge in [-0.15, -0.1) is 0 Å². The first-order valence-electron chi connectivity index (χ1n) is 11.9. The van der Waals surface area contributed by atoms with E-state index in [1.54, 1.807) is 17.9 Å². The highest BCUT2D eigenvalue weighted by Gasteiger charge is 2.27. The summed E-state index contributed by atoms with van der Waals surface area (Å²) in [4.78, 5) is 41.0. The topological polar surface area (TPSA) is 69.7 Å². The van der Waals surface area contributed by atoms with Gasteiger partial charge in [-0.1, -0.05) is 26.0 Å². The molecule has 2 rings (SSSR count). The third-order valence-corrected chi connectivity index (χ3v) is 6.04. The number of halogens is 1. The highest BCUT2D eigenvalue weighted by Crippen LogP contribution is 2.19. The summed E-state index contributed by atoms with van der Waals surface area (Å²) >= 11 is 0. The minimum Gasteiger partial charge on any atom is -0.352 e. The second kappa shape index (κ2) is 13.2. The van der Waals surface area contributed by atoms with Gasteiger partial charge in [0.1, 0.15) is 5.82 Å². The molecule has 32 heavy (non-hydrogen) atoms. The molecule has 0 aromatic heterocycles. The van der Waals surface area contributed by atoms with Crippen LogP contribution in [0.2, 0.25) is 0 Å². The second-order valence-corrected chi connectivity index (χ2v) is 8.69. The van der Waals surface area contributed by atoms with Gasteiger partial charge in [0.25, 0.3) is 0 Å². The Bertz CT molecular complexity index is 770. The molecule has 0 unspecified atom stereocenters. The first-order valence-corrected chi connectivity index (χ1v) is 11.9. The fraction of sp³-hybridized carbons (Fsp3) is 0.640. The fourth-order valence-corrected chi connectivity index (χ4v) is 4.08. The zero-order valence-electron chi connectivity index (χ0n) is 19.8. The fourth-order valence-electron chi connectivity index (χ4n) is 4.08. The summed E-state index contributed by atoms with van der Waals surface area (Å²) in [5.41, 5.74) is 1.32. The van der Waals surface area contributed by atoms with E-state index < -0.39 is 0 Å². The molecule has 1 aliphatic heterocycles. The van der Waals surface area contributed by atoms with Gasteiger partial charge < -0.3 is 15.1 Å². The molecule has 0 radical (unpaired) electrons. The summed E-state index contributed by atoms with van der Waals surface area (Å²) in [5, 5.41) is 2.89. The van der Waals surface area contributed by atoms with Crippen molar-refractivity contribution in [3.05, 3.63) is 35.1 Å². The average molecular weight is 448 g/mol. The van der Waals surface area contributed by atoms with Gasteiger partial charge >= 0.3 is 0 Å². The number of hydrogen-bond donors (Lipinski definition) is 1. The van der Waals surface area contributed by atoms with Gasteiger partial charge in [-0.25, -0.2) is 4.39 Å². The van der Waals surface area contributed by atoms with Crippen LogP contribution in [-0.2, 0) is 20.9 Å². The van der Waals surface area contributed by atoms with Crippen LogP contribution in [0.15, 0.2) is 18.2 Å². The summed E-state index contributed by atoms with van der Waals surface area (Å²) < 4.78 is 13.6. The minimum atomic E-state index is -0.270. The van der Waals surface area contributed by atoms with Gasteiger partial charge in [-0.2, -0.15) is 0 Å². The van der Waals surface area contributed by atoms with Gasteiger partial charge in [0.05, 0.1) is 0 Å². The van der Waals surface area contributed by atoms with E-state index in [-0.39, 0.29) is 29.5 Å². The lowest BCUT2D eigenvalue weighted by atomic mass is 9.95. The number of rotatable bonds is 11. The van der Waals surface area contributed by atoms with Crippen LogP contribution in [0.1, 0.15) is 69.9 Å². The maximum Gasteiger partial charge on any atom is 0.223 e. The van der Waals surface area contributed by atoms with Crippen LogP contribution in [0.3, 0.4) is 0 Å². The van der Waals surface area contributed by atoms with Crippen molar-refractivity contribution >= 4 is 17.7 Å². The molecule has 1 aromatic rings. The van der Waals surface area contributed by atoms with Crippen molar-refractivity contribution in [1.29, 1.82) is 0 Å². The van der Waals surface area contributed by atoms with E-state index in [2.05, 4.69) is 19.2 Å². The zero-order valence-corrected chi connectivity index (χ0v) is 19.8. The predicted molar refractivity (Wildman–Crippen MR) is 123 cm³/mol. The smallest absolute Gasteiger partial charge is 0.223 e. The third kappa shape index (κ3) is 7.92. The highest BCUT2D eigenvalue weighted by molar-refractivity contribution is 5.81. The normalized spacial score (nSPS) is 14.3. The predicted octanol–water partition coefficient (Wildman–Crippen LogP) is 3.81. The Labute approximate surface area is 191 Å². The summed E-state index contributed by atoms with van der Waals surface area (Å²) in [6.07, 6.45) is 4.47. The van der Waals surface area contributed by atoms with Crippen LogP contribution in [0, 0.1) is 18.7 Å². The SMILES string of the molecule is CCCN(CCC)C(=O)CCCC(=O)N1CCC(C(=O)NCc2ccc(C)c(F)c2)CC1. The molecule has 3 amide bonds. The van der Waals surface area contributed by atoms with Crippen molar-refractivity contribution < 1.29 is 18.8 Å². The van der Waals surface area contributed by atoms with Crippen LogP contribution in [0.5, 0.6) is 0 Å². The van der Waals surface area contributed by atoms with Gasteiger partial charge in [0, 0.05) is 51.5 Å². The minimum absolute atomic E-state index is 0.0457. The molecule has 0 saturated carbocycles. The Morgan fingerprint density at radius 2 is 1.75 bits per heavy atom. The van der Waals surface area contributed by atoms with Crippen LogP contribution in [0.25, 0.3) is 0 Å². The number of nitrogens with zero attached hydrogens (tertiary/aromatic N) is 2. The molecule has 1 heterocycles. The summed E-state index contributed by atoms with van der Waals surface area (Å²) in [5.74, 6) is -0.258. The highest BCUT2D eigenvalue weighted by atomic mass is 19.1. The van der Waals surface area contributed by atoms with E-state index in [9.17, 15) is 18.8 Å². The van der Waals surface area contributed by atoms with E-state index in [0.29, 0.717) is 57.3 Å². The molecule has 7 heteroatoms. The molecule has 1 fully saturated rings. The number of nitrogens with one attached hydrogen (secondary N) is 1. The van der Waals surface area contributed by atoms with E-state index in [1.165, 1.54) is 6.07 Å². The monoisotopic (exact) mass is 447 g/mol. The molecule has 6 nitrogen and oxygen atoms in total. The van der Waals surface area contributed by atoms with Gasteiger partial charge in [0.15, 0.2) is 0 Å². The number of carbonyl (C=O) groups excluding carboxylic acids is 3. The maximum absolute atomic E-state index is 13.6. The van der Waals surface area contributed by atoms with E-state index in [1.807, 2.05) is 11.0 Å². The van der Waals surface area contributed by atoms with E-state index in [0.717, 1.165) is 31.5 Å². The molecule has 1 N–H and O–H groups in total.